The van der Waals surface area contributed by atoms with Gasteiger partial charge in [-0.15, -0.1) is 0 Å². The maximum Gasteiger partial charge on any atom is 0.387 e. The first kappa shape index (κ1) is 19.5. The van der Waals surface area contributed by atoms with E-state index >= 15 is 0 Å². The summed E-state index contributed by atoms with van der Waals surface area (Å²) in [6, 6.07) is 3.01. The highest BCUT2D eigenvalue weighted by Gasteiger charge is 2.36. The zero-order valence-corrected chi connectivity index (χ0v) is 14.8. The first-order chi connectivity index (χ1) is 12.3. The smallest absolute Gasteiger partial charge is 0.387 e. The van der Waals surface area contributed by atoms with Crippen LogP contribution >= 0.6 is 0 Å². The Morgan fingerprint density at radius 3 is 2.54 bits per heavy atom. The number of urea groups is 1. The number of methoxy groups -OCH3 is 2. The SMILES string of the molecule is CCN1C(=O)NC(c2ccc(OC(F)F)c(OC)c2)C(C(=O)OC)=C1C. The van der Waals surface area contributed by atoms with Crippen LogP contribution in [0.25, 0.3) is 0 Å². The van der Waals surface area contributed by atoms with Crippen molar-refractivity contribution in [2.75, 3.05) is 20.8 Å². The summed E-state index contributed by atoms with van der Waals surface area (Å²) in [5.74, 6) is -0.696. The number of hydrogen-bond acceptors (Lipinski definition) is 5. The van der Waals surface area contributed by atoms with E-state index in [2.05, 4.69) is 10.1 Å². The Balaban J connectivity index is 2.52. The van der Waals surface area contributed by atoms with Crippen LogP contribution in [0.3, 0.4) is 0 Å². The number of allylic oxidation sites excluding steroid dienone is 1. The number of esters is 1. The average Bonchev–Trinajstić information content (AvgIpc) is 2.60. The van der Waals surface area contributed by atoms with Crippen LogP contribution in [0.15, 0.2) is 29.5 Å². The number of rotatable bonds is 6. The fraction of sp³-hybridized carbons (Fsp3) is 0.412. The van der Waals surface area contributed by atoms with E-state index < -0.39 is 18.6 Å². The topological polar surface area (TPSA) is 77.1 Å². The summed E-state index contributed by atoms with van der Waals surface area (Å²) in [6.07, 6.45) is 0. The molecule has 1 heterocycles. The zero-order valence-electron chi connectivity index (χ0n) is 14.8. The molecule has 0 saturated carbocycles. The number of hydrogen-bond donors (Lipinski definition) is 1. The van der Waals surface area contributed by atoms with E-state index in [0.717, 1.165) is 0 Å². The second-order valence-corrected chi connectivity index (χ2v) is 5.41. The number of halogens is 2. The first-order valence-corrected chi connectivity index (χ1v) is 7.83. The molecule has 2 amide bonds. The van der Waals surface area contributed by atoms with Crippen molar-refractivity contribution in [3.8, 4) is 11.5 Å². The number of benzene rings is 1. The molecule has 0 aliphatic carbocycles. The standard InChI is InChI=1S/C17H20F2N2O5/c1-5-21-9(2)13(15(22)25-4)14(20-17(21)23)10-6-7-11(26-16(18)19)12(8-10)24-3/h6-8,14,16H,5H2,1-4H3,(H,20,23). The number of nitrogens with one attached hydrogen (secondary N) is 1. The van der Waals surface area contributed by atoms with Gasteiger partial charge in [0.15, 0.2) is 11.5 Å². The number of nitrogens with zero attached hydrogens (tertiary/aromatic N) is 1. The Labute approximate surface area is 149 Å². The van der Waals surface area contributed by atoms with Crippen molar-refractivity contribution < 1.29 is 32.6 Å². The number of carbonyl (C=O) groups is 2. The largest absolute Gasteiger partial charge is 0.493 e. The lowest BCUT2D eigenvalue weighted by atomic mass is 9.94. The summed E-state index contributed by atoms with van der Waals surface area (Å²) < 4.78 is 39.3. The van der Waals surface area contributed by atoms with Gasteiger partial charge in [0.1, 0.15) is 0 Å². The molecule has 142 valence electrons. The van der Waals surface area contributed by atoms with Crippen LogP contribution in [-0.4, -0.2) is 44.3 Å². The van der Waals surface area contributed by atoms with Gasteiger partial charge in [-0.3, -0.25) is 4.90 Å². The second-order valence-electron chi connectivity index (χ2n) is 5.41. The summed E-state index contributed by atoms with van der Waals surface area (Å²) in [5, 5.41) is 2.72. The Kier molecular flexibility index (Phi) is 6.01. The number of carbonyl (C=O) groups excluding carboxylic acids is 2. The van der Waals surface area contributed by atoms with Gasteiger partial charge in [0.2, 0.25) is 0 Å². The molecule has 1 atom stereocenters. The first-order valence-electron chi connectivity index (χ1n) is 7.83. The van der Waals surface area contributed by atoms with Crippen molar-refractivity contribution in [3.63, 3.8) is 0 Å². The summed E-state index contributed by atoms with van der Waals surface area (Å²) in [6.45, 7) is 0.787. The van der Waals surface area contributed by atoms with Gasteiger partial charge in [0.25, 0.3) is 0 Å². The molecule has 1 aromatic carbocycles. The fourth-order valence-corrected chi connectivity index (χ4v) is 2.84. The van der Waals surface area contributed by atoms with Crippen molar-refractivity contribution in [1.29, 1.82) is 0 Å². The minimum atomic E-state index is -3.00. The highest BCUT2D eigenvalue weighted by molar-refractivity contribution is 5.95. The molecule has 1 aliphatic rings. The Bertz CT molecular complexity index is 736. The second kappa shape index (κ2) is 8.03. The molecule has 0 aromatic heterocycles. The predicted molar refractivity (Wildman–Crippen MR) is 88.0 cm³/mol. The molecule has 0 bridgehead atoms. The van der Waals surface area contributed by atoms with Crippen LogP contribution in [0, 0.1) is 0 Å². The van der Waals surface area contributed by atoms with Crippen molar-refractivity contribution in [1.82, 2.24) is 10.2 Å². The maximum absolute atomic E-state index is 12.5. The van der Waals surface area contributed by atoms with Gasteiger partial charge in [-0.25, -0.2) is 9.59 Å². The minimum absolute atomic E-state index is 0.0526. The molecular formula is C17H20F2N2O5. The minimum Gasteiger partial charge on any atom is -0.493 e. The summed E-state index contributed by atoms with van der Waals surface area (Å²) in [4.78, 5) is 26.0. The van der Waals surface area contributed by atoms with E-state index in [0.29, 0.717) is 17.8 Å². The lowest BCUT2D eigenvalue weighted by Crippen LogP contribution is -2.47. The Morgan fingerprint density at radius 2 is 2.00 bits per heavy atom. The molecule has 0 saturated heterocycles. The quantitative estimate of drug-likeness (QED) is 0.780. The van der Waals surface area contributed by atoms with Gasteiger partial charge in [-0.05, 0) is 31.5 Å². The van der Waals surface area contributed by atoms with Crippen LogP contribution < -0.4 is 14.8 Å². The highest BCUT2D eigenvalue weighted by atomic mass is 19.3. The number of amides is 2. The molecule has 0 spiro atoms. The van der Waals surface area contributed by atoms with E-state index in [1.807, 2.05) is 0 Å². The van der Waals surface area contributed by atoms with E-state index in [9.17, 15) is 18.4 Å². The fourth-order valence-electron chi connectivity index (χ4n) is 2.84. The summed E-state index contributed by atoms with van der Waals surface area (Å²) in [5.41, 5.74) is 1.17. The molecule has 0 fully saturated rings. The normalized spacial score (nSPS) is 17.3. The van der Waals surface area contributed by atoms with Gasteiger partial charge >= 0.3 is 18.6 Å². The van der Waals surface area contributed by atoms with Crippen LogP contribution in [0.5, 0.6) is 11.5 Å². The van der Waals surface area contributed by atoms with Gasteiger partial charge in [0.05, 0.1) is 25.8 Å². The zero-order chi connectivity index (χ0) is 19.4. The molecule has 0 radical (unpaired) electrons. The van der Waals surface area contributed by atoms with Crippen LogP contribution in [0.2, 0.25) is 0 Å². The van der Waals surface area contributed by atoms with Crippen molar-refractivity contribution in [2.45, 2.75) is 26.5 Å². The Hall–Kier alpha value is -2.84. The molecule has 1 N–H and O–H groups in total. The third-order valence-electron chi connectivity index (χ3n) is 4.05. The lowest BCUT2D eigenvalue weighted by molar-refractivity contribution is -0.136. The van der Waals surface area contributed by atoms with Crippen LogP contribution in [0.4, 0.5) is 13.6 Å². The third-order valence-corrected chi connectivity index (χ3v) is 4.05. The van der Waals surface area contributed by atoms with E-state index in [1.54, 1.807) is 13.8 Å². The molecule has 9 heteroatoms. The van der Waals surface area contributed by atoms with Gasteiger partial charge in [0, 0.05) is 12.2 Å². The predicted octanol–water partition coefficient (Wildman–Crippen LogP) is 2.83. The van der Waals surface area contributed by atoms with Crippen molar-refractivity contribution in [2.24, 2.45) is 0 Å². The van der Waals surface area contributed by atoms with Crippen LogP contribution in [-0.2, 0) is 9.53 Å². The molecule has 26 heavy (non-hydrogen) atoms. The lowest BCUT2D eigenvalue weighted by Gasteiger charge is -2.34. The van der Waals surface area contributed by atoms with Gasteiger partial charge < -0.3 is 19.5 Å². The van der Waals surface area contributed by atoms with Crippen molar-refractivity contribution >= 4 is 12.0 Å². The average molecular weight is 370 g/mol. The van der Waals surface area contributed by atoms with Crippen molar-refractivity contribution in [3.05, 3.63) is 35.0 Å². The van der Waals surface area contributed by atoms with Gasteiger partial charge in [-0.1, -0.05) is 6.07 Å². The number of ether oxygens (including phenoxy) is 3. The van der Waals surface area contributed by atoms with E-state index in [1.165, 1.54) is 37.3 Å². The maximum atomic E-state index is 12.5. The molecular weight excluding hydrogens is 350 g/mol. The monoisotopic (exact) mass is 370 g/mol. The summed E-state index contributed by atoms with van der Waals surface area (Å²) >= 11 is 0. The van der Waals surface area contributed by atoms with E-state index in [4.69, 9.17) is 9.47 Å². The van der Waals surface area contributed by atoms with E-state index in [-0.39, 0.29) is 23.1 Å². The number of alkyl halides is 2. The molecule has 1 aliphatic heterocycles. The highest BCUT2D eigenvalue weighted by Crippen LogP contribution is 2.36. The Morgan fingerprint density at radius 1 is 1.31 bits per heavy atom. The molecule has 1 aromatic rings. The summed E-state index contributed by atoms with van der Waals surface area (Å²) in [7, 11) is 2.55. The third kappa shape index (κ3) is 3.71. The van der Waals surface area contributed by atoms with Crippen LogP contribution in [0.1, 0.15) is 25.5 Å². The molecule has 1 unspecified atom stereocenters. The molecule has 7 nitrogen and oxygen atoms in total. The molecule has 2 rings (SSSR count). The van der Waals surface area contributed by atoms with Gasteiger partial charge in [-0.2, -0.15) is 8.78 Å².